The van der Waals surface area contributed by atoms with Crippen LogP contribution >= 0.6 is 0 Å². The number of nitrogens with zero attached hydrogens (tertiary/aromatic N) is 2. The molecule has 1 atom stereocenters. The molecule has 1 N–H and O–H groups in total. The number of urea groups is 1. The van der Waals surface area contributed by atoms with Crippen molar-refractivity contribution in [3.8, 4) is 0 Å². The Hall–Kier alpha value is -2.07. The minimum atomic E-state index is 0.00129. The Kier molecular flexibility index (Phi) is 4.62. The molecular weight excluding hydrogens is 310 g/mol. The summed E-state index contributed by atoms with van der Waals surface area (Å²) in [6, 6.07) is 15.5. The van der Waals surface area contributed by atoms with E-state index in [0.29, 0.717) is 0 Å². The largest absolute Gasteiger partial charge is 0.331 e. The molecule has 2 aliphatic rings. The van der Waals surface area contributed by atoms with Gasteiger partial charge in [-0.25, -0.2) is 4.79 Å². The second kappa shape index (κ2) is 7.04. The lowest BCUT2D eigenvalue weighted by Gasteiger charge is -2.25. The van der Waals surface area contributed by atoms with Crippen LogP contribution in [0.25, 0.3) is 10.8 Å². The van der Waals surface area contributed by atoms with Crippen molar-refractivity contribution in [2.45, 2.75) is 38.3 Å². The summed E-state index contributed by atoms with van der Waals surface area (Å²) in [4.78, 5) is 17.3. The summed E-state index contributed by atoms with van der Waals surface area (Å²) in [6.07, 6.45) is 3.75. The highest BCUT2D eigenvalue weighted by molar-refractivity contribution is 5.86. The van der Waals surface area contributed by atoms with Crippen molar-refractivity contribution >= 4 is 16.8 Å². The van der Waals surface area contributed by atoms with E-state index in [1.54, 1.807) is 0 Å². The van der Waals surface area contributed by atoms with Crippen molar-refractivity contribution in [2.75, 3.05) is 26.2 Å². The van der Waals surface area contributed by atoms with Gasteiger partial charge in [0.15, 0.2) is 0 Å². The van der Waals surface area contributed by atoms with Crippen LogP contribution in [0.2, 0.25) is 0 Å². The molecule has 4 heteroatoms. The van der Waals surface area contributed by atoms with Crippen molar-refractivity contribution in [3.63, 3.8) is 0 Å². The molecule has 2 aromatic carbocycles. The van der Waals surface area contributed by atoms with Gasteiger partial charge in [0.25, 0.3) is 0 Å². The van der Waals surface area contributed by atoms with E-state index in [2.05, 4.69) is 59.6 Å². The molecule has 2 aromatic rings. The molecule has 132 valence electrons. The molecule has 2 fully saturated rings. The van der Waals surface area contributed by atoms with Crippen LogP contribution in [0.15, 0.2) is 42.5 Å². The molecule has 2 amide bonds. The molecule has 1 heterocycles. The smallest absolute Gasteiger partial charge is 0.317 e. The second-order valence-corrected chi connectivity index (χ2v) is 7.35. The third kappa shape index (κ3) is 3.64. The lowest BCUT2D eigenvalue weighted by Crippen LogP contribution is -2.43. The van der Waals surface area contributed by atoms with Gasteiger partial charge in [0, 0.05) is 32.2 Å². The first-order valence-corrected chi connectivity index (χ1v) is 9.49. The van der Waals surface area contributed by atoms with E-state index in [-0.39, 0.29) is 12.1 Å². The van der Waals surface area contributed by atoms with Crippen LogP contribution in [0.5, 0.6) is 0 Å². The maximum atomic E-state index is 12.8. The van der Waals surface area contributed by atoms with Crippen LogP contribution in [-0.4, -0.2) is 48.1 Å². The predicted octanol–water partition coefficient (Wildman–Crippen LogP) is 3.78. The number of hydrogen-bond donors (Lipinski definition) is 1. The number of fused-ring (bicyclic) bond motifs is 1. The first-order valence-electron chi connectivity index (χ1n) is 9.49. The third-order valence-corrected chi connectivity index (χ3v) is 5.51. The van der Waals surface area contributed by atoms with Crippen LogP contribution in [0.1, 0.15) is 37.8 Å². The molecule has 1 aliphatic heterocycles. The average Bonchev–Trinajstić information content (AvgIpc) is 3.47. The molecule has 0 aromatic heterocycles. The maximum Gasteiger partial charge on any atom is 0.317 e. The Labute approximate surface area is 149 Å². The molecular formula is C21H27N3O. The van der Waals surface area contributed by atoms with Crippen LogP contribution in [0, 0.1) is 0 Å². The Morgan fingerprint density at radius 3 is 2.68 bits per heavy atom. The van der Waals surface area contributed by atoms with Crippen molar-refractivity contribution in [1.82, 2.24) is 15.1 Å². The monoisotopic (exact) mass is 337 g/mol. The molecule has 25 heavy (non-hydrogen) atoms. The first-order chi connectivity index (χ1) is 12.2. The number of amides is 2. The Morgan fingerprint density at radius 1 is 1.04 bits per heavy atom. The molecule has 4 nitrogen and oxygen atoms in total. The van der Waals surface area contributed by atoms with Crippen molar-refractivity contribution in [1.29, 1.82) is 0 Å². The lowest BCUT2D eigenvalue weighted by atomic mass is 10.00. The number of carbonyl (C=O) groups is 1. The van der Waals surface area contributed by atoms with E-state index in [4.69, 9.17) is 0 Å². The molecule has 4 rings (SSSR count). The molecule has 1 unspecified atom stereocenters. The van der Waals surface area contributed by atoms with E-state index in [0.717, 1.165) is 38.6 Å². The fourth-order valence-electron chi connectivity index (χ4n) is 3.93. The summed E-state index contributed by atoms with van der Waals surface area (Å²) in [5, 5.41) is 5.65. The zero-order valence-corrected chi connectivity index (χ0v) is 14.9. The standard InChI is InChI=1S/C21H27N3O/c1-16(19-9-4-7-17-6-2-3-8-20(17)19)22-21(25)24-13-5-12-23(14-15-24)18-10-11-18/h2-4,6-9,16,18H,5,10-15H2,1H3,(H,22,25). The fraction of sp³-hybridized carbons (Fsp3) is 0.476. The predicted molar refractivity (Wildman–Crippen MR) is 102 cm³/mol. The normalized spacial score (nSPS) is 20.3. The van der Waals surface area contributed by atoms with E-state index < -0.39 is 0 Å². The number of carbonyl (C=O) groups excluding carboxylic acids is 1. The van der Waals surface area contributed by atoms with Gasteiger partial charge in [0.2, 0.25) is 0 Å². The highest BCUT2D eigenvalue weighted by Gasteiger charge is 2.31. The SMILES string of the molecule is CC(NC(=O)N1CCCN(C2CC2)CC1)c1cccc2ccccc12. The van der Waals surface area contributed by atoms with Crippen LogP contribution in [0.3, 0.4) is 0 Å². The van der Waals surface area contributed by atoms with Gasteiger partial charge < -0.3 is 10.2 Å². The van der Waals surface area contributed by atoms with Crippen molar-refractivity contribution < 1.29 is 4.79 Å². The summed E-state index contributed by atoms with van der Waals surface area (Å²) in [6.45, 7) is 5.92. The maximum absolute atomic E-state index is 12.8. The number of benzene rings is 2. The van der Waals surface area contributed by atoms with Gasteiger partial charge in [-0.3, -0.25) is 4.90 Å². The Morgan fingerprint density at radius 2 is 1.84 bits per heavy atom. The van der Waals surface area contributed by atoms with Crippen LogP contribution < -0.4 is 5.32 Å². The zero-order valence-electron chi connectivity index (χ0n) is 14.9. The van der Waals surface area contributed by atoms with Crippen LogP contribution in [-0.2, 0) is 0 Å². The van der Waals surface area contributed by atoms with Gasteiger partial charge in [-0.15, -0.1) is 0 Å². The van der Waals surface area contributed by atoms with E-state index >= 15 is 0 Å². The highest BCUT2D eigenvalue weighted by Crippen LogP contribution is 2.28. The Balaban J connectivity index is 1.42. The van der Waals surface area contributed by atoms with Crippen LogP contribution in [0.4, 0.5) is 4.79 Å². The molecule has 0 radical (unpaired) electrons. The van der Waals surface area contributed by atoms with Gasteiger partial charge in [0.1, 0.15) is 0 Å². The summed E-state index contributed by atoms with van der Waals surface area (Å²) in [5.74, 6) is 0. The molecule has 0 bridgehead atoms. The van der Waals surface area contributed by atoms with Crippen molar-refractivity contribution in [2.24, 2.45) is 0 Å². The lowest BCUT2D eigenvalue weighted by molar-refractivity contribution is 0.194. The topological polar surface area (TPSA) is 35.6 Å². The fourth-order valence-corrected chi connectivity index (χ4v) is 3.93. The molecule has 1 aliphatic carbocycles. The van der Waals surface area contributed by atoms with Gasteiger partial charge in [-0.2, -0.15) is 0 Å². The van der Waals surface area contributed by atoms with Gasteiger partial charge in [0.05, 0.1) is 6.04 Å². The summed E-state index contributed by atoms with van der Waals surface area (Å²) in [7, 11) is 0. The van der Waals surface area contributed by atoms with Gasteiger partial charge >= 0.3 is 6.03 Å². The quantitative estimate of drug-likeness (QED) is 0.925. The highest BCUT2D eigenvalue weighted by atomic mass is 16.2. The molecule has 1 saturated carbocycles. The van der Waals surface area contributed by atoms with E-state index in [1.807, 2.05) is 4.90 Å². The minimum absolute atomic E-state index is 0.00129. The number of nitrogens with one attached hydrogen (secondary N) is 1. The zero-order chi connectivity index (χ0) is 17.2. The summed E-state index contributed by atoms with van der Waals surface area (Å²) >= 11 is 0. The van der Waals surface area contributed by atoms with Gasteiger partial charge in [-0.1, -0.05) is 42.5 Å². The summed E-state index contributed by atoms with van der Waals surface area (Å²) in [5.41, 5.74) is 1.18. The summed E-state index contributed by atoms with van der Waals surface area (Å²) < 4.78 is 0. The van der Waals surface area contributed by atoms with E-state index in [9.17, 15) is 4.79 Å². The van der Waals surface area contributed by atoms with Gasteiger partial charge in [-0.05, 0) is 42.5 Å². The average molecular weight is 337 g/mol. The Bertz CT molecular complexity index is 750. The third-order valence-electron chi connectivity index (χ3n) is 5.51. The first kappa shape index (κ1) is 16.4. The molecule has 1 saturated heterocycles. The minimum Gasteiger partial charge on any atom is -0.331 e. The second-order valence-electron chi connectivity index (χ2n) is 7.35. The number of rotatable bonds is 3. The molecule has 0 spiro atoms. The van der Waals surface area contributed by atoms with Crippen molar-refractivity contribution in [3.05, 3.63) is 48.0 Å². The number of hydrogen-bond acceptors (Lipinski definition) is 2. The van der Waals surface area contributed by atoms with E-state index in [1.165, 1.54) is 29.2 Å².